The van der Waals surface area contributed by atoms with Gasteiger partial charge in [0.1, 0.15) is 11.6 Å². The van der Waals surface area contributed by atoms with Gasteiger partial charge in [0.05, 0.1) is 44.3 Å². The lowest BCUT2D eigenvalue weighted by molar-refractivity contribution is -0.141. The van der Waals surface area contributed by atoms with E-state index in [0.29, 0.717) is 19.0 Å². The van der Waals surface area contributed by atoms with E-state index in [-0.39, 0.29) is 62.9 Å². The predicted octanol–water partition coefficient (Wildman–Crippen LogP) is 2.03. The van der Waals surface area contributed by atoms with Gasteiger partial charge in [0.15, 0.2) is 17.3 Å². The zero-order chi connectivity index (χ0) is 30.4. The van der Waals surface area contributed by atoms with Gasteiger partial charge in [-0.2, -0.15) is 31.4 Å². The highest BCUT2D eigenvalue weighted by Gasteiger charge is 2.49. The summed E-state index contributed by atoms with van der Waals surface area (Å²) in [5.41, 5.74) is -4.49. The fourth-order valence-electron chi connectivity index (χ4n) is 4.97. The van der Waals surface area contributed by atoms with Crippen molar-refractivity contribution < 1.29 is 40.7 Å². The van der Waals surface area contributed by atoms with Crippen LogP contribution in [0, 0.1) is 0 Å². The molecule has 0 radical (unpaired) electrons. The number of carbonyl (C=O) groups excluding carboxylic acids is 2. The standard InChI is InChI=1S/C24H26F6N8O4/c1-12(33-14-8-32-35-21(40)18(14)24(28,29)30)11-42-7-4-17(39)36-5-6-37-15(10-36)22(41)38(13-2-3-13)20-19(37)31-9-16(34-20)23(25,26)27/h8-9,12-13,15H,2-7,10-11H2,1H3,(H2,33,35,40)/t12-,15+/m0/s1. The zero-order valence-electron chi connectivity index (χ0n) is 22.1. The number of nitrogens with one attached hydrogen (secondary N) is 2. The number of aromatic amines is 1. The van der Waals surface area contributed by atoms with Crippen LogP contribution in [0.25, 0.3) is 0 Å². The van der Waals surface area contributed by atoms with Crippen LogP contribution in [0.5, 0.6) is 0 Å². The second-order valence-corrected chi connectivity index (χ2v) is 10.2. The molecule has 12 nitrogen and oxygen atoms in total. The van der Waals surface area contributed by atoms with E-state index >= 15 is 0 Å². The number of piperazine rings is 1. The first-order valence-corrected chi connectivity index (χ1v) is 13.1. The first kappa shape index (κ1) is 29.5. The molecule has 0 spiro atoms. The number of H-pyrrole nitrogens is 1. The van der Waals surface area contributed by atoms with Gasteiger partial charge in [-0.25, -0.2) is 15.1 Å². The van der Waals surface area contributed by atoms with Crippen LogP contribution in [0.4, 0.5) is 43.7 Å². The molecule has 5 rings (SSSR count). The summed E-state index contributed by atoms with van der Waals surface area (Å²) in [4.78, 5) is 49.9. The molecule has 2 atom stereocenters. The first-order chi connectivity index (χ1) is 19.8. The number of fused-ring (bicyclic) bond motifs is 3. The van der Waals surface area contributed by atoms with Crippen molar-refractivity contribution in [3.8, 4) is 0 Å². The topological polar surface area (TPSA) is 137 Å². The van der Waals surface area contributed by atoms with Crippen LogP contribution in [-0.4, -0.2) is 87.9 Å². The largest absolute Gasteiger partial charge is 0.434 e. The van der Waals surface area contributed by atoms with Crippen LogP contribution in [-0.2, 0) is 26.7 Å². The molecule has 42 heavy (non-hydrogen) atoms. The Bertz CT molecular complexity index is 1410. The summed E-state index contributed by atoms with van der Waals surface area (Å²) < 4.78 is 85.0. The van der Waals surface area contributed by atoms with Crippen LogP contribution in [0.1, 0.15) is 37.4 Å². The van der Waals surface area contributed by atoms with Crippen molar-refractivity contribution in [1.82, 2.24) is 25.1 Å². The normalized spacial score (nSPS) is 19.8. The van der Waals surface area contributed by atoms with Crippen molar-refractivity contribution in [2.24, 2.45) is 0 Å². The summed E-state index contributed by atoms with van der Waals surface area (Å²) >= 11 is 0. The summed E-state index contributed by atoms with van der Waals surface area (Å²) in [6.45, 7) is 1.71. The van der Waals surface area contributed by atoms with Crippen LogP contribution in [0.2, 0.25) is 0 Å². The maximum Gasteiger partial charge on any atom is 0.434 e. The number of alkyl halides is 6. The van der Waals surface area contributed by atoms with E-state index in [9.17, 15) is 40.7 Å². The maximum absolute atomic E-state index is 13.4. The zero-order valence-corrected chi connectivity index (χ0v) is 22.1. The number of aromatic nitrogens is 4. The Morgan fingerprint density at radius 2 is 1.86 bits per heavy atom. The second-order valence-electron chi connectivity index (χ2n) is 10.2. The number of hydrogen-bond donors (Lipinski definition) is 2. The molecule has 0 aromatic carbocycles. The SMILES string of the molecule is C[C@@H](COCCC(=O)N1CCN2c3ncc(C(F)(F)F)nc3N(C3CC3)C(=O)[C@H]2C1)Nc1cn[nH]c(=O)c1C(F)(F)F. The van der Waals surface area contributed by atoms with Gasteiger partial charge in [0.25, 0.3) is 11.5 Å². The van der Waals surface area contributed by atoms with Crippen molar-refractivity contribution in [2.45, 2.75) is 56.7 Å². The lowest BCUT2D eigenvalue weighted by Gasteiger charge is -2.46. The molecule has 2 N–H and O–H groups in total. The highest BCUT2D eigenvalue weighted by Crippen LogP contribution is 2.42. The molecule has 2 fully saturated rings. The highest BCUT2D eigenvalue weighted by atomic mass is 19.4. The first-order valence-electron chi connectivity index (χ1n) is 13.1. The summed E-state index contributed by atoms with van der Waals surface area (Å²) in [5, 5.41) is 7.67. The number of hydrogen-bond acceptors (Lipinski definition) is 9. The number of carbonyl (C=O) groups is 2. The van der Waals surface area contributed by atoms with E-state index in [1.807, 2.05) is 0 Å². The molecule has 1 saturated heterocycles. The minimum Gasteiger partial charge on any atom is -0.379 e. The average molecular weight is 605 g/mol. The molecular weight excluding hydrogens is 578 g/mol. The van der Waals surface area contributed by atoms with Crippen molar-refractivity contribution >= 4 is 29.1 Å². The van der Waals surface area contributed by atoms with Crippen molar-refractivity contribution in [3.63, 3.8) is 0 Å². The minimum absolute atomic E-state index is 0.00321. The van der Waals surface area contributed by atoms with Gasteiger partial charge in [-0.3, -0.25) is 19.3 Å². The summed E-state index contributed by atoms with van der Waals surface area (Å²) in [6.07, 6.45) is -6.96. The van der Waals surface area contributed by atoms with Gasteiger partial charge in [0.2, 0.25) is 5.91 Å². The predicted molar refractivity (Wildman–Crippen MR) is 134 cm³/mol. The van der Waals surface area contributed by atoms with Crippen LogP contribution in [0.3, 0.4) is 0 Å². The van der Waals surface area contributed by atoms with Gasteiger partial charge in [-0.1, -0.05) is 0 Å². The summed E-state index contributed by atoms with van der Waals surface area (Å²) in [5.74, 6) is -0.730. The molecule has 0 bridgehead atoms. The molecule has 2 aromatic rings. The number of amides is 2. The van der Waals surface area contributed by atoms with E-state index in [4.69, 9.17) is 4.74 Å². The second kappa shape index (κ2) is 11.0. The van der Waals surface area contributed by atoms with Gasteiger partial charge in [-0.05, 0) is 19.8 Å². The van der Waals surface area contributed by atoms with Crippen LogP contribution >= 0.6 is 0 Å². The minimum atomic E-state index is -4.90. The third kappa shape index (κ3) is 5.98. The fourth-order valence-corrected chi connectivity index (χ4v) is 4.97. The monoisotopic (exact) mass is 604 g/mol. The van der Waals surface area contributed by atoms with Gasteiger partial charge in [0, 0.05) is 25.2 Å². The van der Waals surface area contributed by atoms with Crippen LogP contribution < -0.4 is 20.7 Å². The number of rotatable bonds is 8. The number of halogens is 6. The van der Waals surface area contributed by atoms with E-state index in [2.05, 4.69) is 20.4 Å². The van der Waals surface area contributed by atoms with Crippen LogP contribution in [0.15, 0.2) is 17.2 Å². The third-order valence-corrected chi connectivity index (χ3v) is 7.06. The molecule has 228 valence electrons. The van der Waals surface area contributed by atoms with Crippen molar-refractivity contribution in [2.75, 3.05) is 48.0 Å². The average Bonchev–Trinajstić information content (AvgIpc) is 3.74. The van der Waals surface area contributed by atoms with Gasteiger partial charge >= 0.3 is 12.4 Å². The smallest absolute Gasteiger partial charge is 0.379 e. The fraction of sp³-hybridized carbons (Fsp3) is 0.583. The molecule has 3 aliphatic rings. The quantitative estimate of drug-likeness (QED) is 0.343. The highest BCUT2D eigenvalue weighted by molar-refractivity contribution is 6.05. The Labute approximate surface area is 234 Å². The van der Waals surface area contributed by atoms with Crippen molar-refractivity contribution in [3.05, 3.63) is 34.0 Å². The Morgan fingerprint density at radius 3 is 2.52 bits per heavy atom. The molecule has 1 aliphatic carbocycles. The lowest BCUT2D eigenvalue weighted by Crippen LogP contribution is -2.64. The molecule has 2 amide bonds. The number of ether oxygens (including phenoxy) is 1. The van der Waals surface area contributed by atoms with Gasteiger partial charge < -0.3 is 19.9 Å². The number of nitrogens with zero attached hydrogens (tertiary/aromatic N) is 6. The van der Waals surface area contributed by atoms with E-state index in [0.717, 1.165) is 6.20 Å². The Hall–Kier alpha value is -3.96. The Morgan fingerprint density at radius 1 is 1.12 bits per heavy atom. The molecule has 4 heterocycles. The summed E-state index contributed by atoms with van der Waals surface area (Å²) in [6, 6.07) is -1.78. The molecule has 18 heteroatoms. The van der Waals surface area contributed by atoms with E-state index < -0.39 is 52.8 Å². The molecule has 2 aliphatic heterocycles. The Balaban J connectivity index is 1.17. The maximum atomic E-state index is 13.4. The Kier molecular flexibility index (Phi) is 7.76. The third-order valence-electron chi connectivity index (χ3n) is 7.06. The van der Waals surface area contributed by atoms with E-state index in [1.54, 1.807) is 10.00 Å². The number of anilines is 3. The molecular formula is C24H26F6N8O4. The molecule has 0 unspecified atom stereocenters. The van der Waals surface area contributed by atoms with Crippen molar-refractivity contribution in [1.29, 1.82) is 0 Å². The van der Waals surface area contributed by atoms with Gasteiger partial charge in [-0.15, -0.1) is 0 Å². The molecule has 2 aromatic heterocycles. The van der Waals surface area contributed by atoms with E-state index in [1.165, 1.54) is 16.7 Å². The molecule has 1 saturated carbocycles. The summed E-state index contributed by atoms with van der Waals surface area (Å²) in [7, 11) is 0. The lowest BCUT2D eigenvalue weighted by atomic mass is 10.1.